The molecule has 4 heteroatoms. The second-order valence-corrected chi connectivity index (χ2v) is 5.68. The Kier molecular flexibility index (Phi) is 4.40. The van der Waals surface area contributed by atoms with Crippen molar-refractivity contribution in [3.8, 4) is 0 Å². The van der Waals surface area contributed by atoms with Crippen LogP contribution in [-0.4, -0.2) is 55.0 Å². The second kappa shape index (κ2) is 5.83. The van der Waals surface area contributed by atoms with Crippen LogP contribution in [0.25, 0.3) is 0 Å². The van der Waals surface area contributed by atoms with Crippen molar-refractivity contribution in [1.82, 2.24) is 9.80 Å². The third-order valence-electron chi connectivity index (χ3n) is 4.17. The molecule has 0 aromatic rings. The standard InChI is InChI=1S/C13H25N3O/c1-15(9-11-3-2-4-11)13(17)10-16-7-5-12(14)6-8-16/h11-12H,2-10,14H2,1H3. The van der Waals surface area contributed by atoms with E-state index in [0.29, 0.717) is 12.6 Å². The minimum absolute atomic E-state index is 0.271. The Bertz CT molecular complexity index is 257. The minimum atomic E-state index is 0.271. The zero-order chi connectivity index (χ0) is 12.3. The Balaban J connectivity index is 1.68. The number of nitrogens with two attached hydrogens (primary N) is 1. The van der Waals surface area contributed by atoms with Gasteiger partial charge in [-0.15, -0.1) is 0 Å². The van der Waals surface area contributed by atoms with Gasteiger partial charge in [-0.05, 0) is 31.6 Å². The highest BCUT2D eigenvalue weighted by atomic mass is 16.2. The molecule has 1 aliphatic carbocycles. The van der Waals surface area contributed by atoms with Crippen LogP contribution < -0.4 is 5.73 Å². The summed E-state index contributed by atoms with van der Waals surface area (Å²) < 4.78 is 0. The summed E-state index contributed by atoms with van der Waals surface area (Å²) in [7, 11) is 1.94. The topological polar surface area (TPSA) is 49.6 Å². The highest BCUT2D eigenvalue weighted by Crippen LogP contribution is 2.26. The maximum absolute atomic E-state index is 12.0. The molecule has 98 valence electrons. The number of likely N-dealkylation sites (tertiary alicyclic amines) is 1. The van der Waals surface area contributed by atoms with E-state index in [-0.39, 0.29) is 5.91 Å². The molecule has 1 heterocycles. The SMILES string of the molecule is CN(CC1CCC1)C(=O)CN1CCC(N)CC1. The van der Waals surface area contributed by atoms with Crippen LogP contribution in [-0.2, 0) is 4.79 Å². The Morgan fingerprint density at radius 3 is 2.47 bits per heavy atom. The maximum Gasteiger partial charge on any atom is 0.236 e. The number of hydrogen-bond acceptors (Lipinski definition) is 3. The molecule has 17 heavy (non-hydrogen) atoms. The Labute approximate surface area is 104 Å². The second-order valence-electron chi connectivity index (χ2n) is 5.68. The average molecular weight is 239 g/mol. The number of hydrogen-bond donors (Lipinski definition) is 1. The molecule has 0 spiro atoms. The molecule has 0 aromatic heterocycles. The summed E-state index contributed by atoms with van der Waals surface area (Å²) in [6.45, 7) is 3.48. The number of amides is 1. The summed E-state index contributed by atoms with van der Waals surface area (Å²) in [5.74, 6) is 1.03. The number of nitrogens with zero attached hydrogens (tertiary/aromatic N) is 2. The predicted octanol–water partition coefficient (Wildman–Crippen LogP) is 0.668. The first-order valence-corrected chi connectivity index (χ1v) is 6.87. The number of rotatable bonds is 4. The van der Waals surface area contributed by atoms with Gasteiger partial charge in [0.2, 0.25) is 5.91 Å². The van der Waals surface area contributed by atoms with Gasteiger partial charge in [-0.25, -0.2) is 0 Å². The summed E-state index contributed by atoms with van der Waals surface area (Å²) in [6.07, 6.45) is 6.00. The van der Waals surface area contributed by atoms with Gasteiger partial charge in [-0.3, -0.25) is 9.69 Å². The normalized spacial score (nSPS) is 23.4. The monoisotopic (exact) mass is 239 g/mol. The van der Waals surface area contributed by atoms with Crippen molar-refractivity contribution in [2.45, 2.75) is 38.1 Å². The maximum atomic E-state index is 12.0. The van der Waals surface area contributed by atoms with Gasteiger partial charge in [0.25, 0.3) is 0 Å². The lowest BCUT2D eigenvalue weighted by Crippen LogP contribution is -2.46. The lowest BCUT2D eigenvalue weighted by molar-refractivity contribution is -0.132. The quantitative estimate of drug-likeness (QED) is 0.784. The number of piperidine rings is 1. The van der Waals surface area contributed by atoms with Gasteiger partial charge in [-0.1, -0.05) is 6.42 Å². The van der Waals surface area contributed by atoms with Crippen LogP contribution in [0, 0.1) is 5.92 Å². The highest BCUT2D eigenvalue weighted by Gasteiger charge is 2.23. The fraction of sp³-hybridized carbons (Fsp3) is 0.923. The van der Waals surface area contributed by atoms with Crippen molar-refractivity contribution >= 4 is 5.91 Å². The molecule has 0 bridgehead atoms. The van der Waals surface area contributed by atoms with Crippen molar-refractivity contribution in [3.63, 3.8) is 0 Å². The molecule has 1 saturated heterocycles. The number of carbonyl (C=O) groups excluding carboxylic acids is 1. The van der Waals surface area contributed by atoms with Crippen molar-refractivity contribution in [3.05, 3.63) is 0 Å². The first-order chi connectivity index (χ1) is 8.15. The summed E-state index contributed by atoms with van der Waals surface area (Å²) in [4.78, 5) is 16.2. The molecule has 2 rings (SSSR count). The van der Waals surface area contributed by atoms with Crippen LogP contribution in [0.5, 0.6) is 0 Å². The van der Waals surface area contributed by atoms with E-state index in [1.54, 1.807) is 0 Å². The van der Waals surface area contributed by atoms with Crippen LogP contribution in [0.2, 0.25) is 0 Å². The summed E-state index contributed by atoms with van der Waals surface area (Å²) in [5, 5.41) is 0. The minimum Gasteiger partial charge on any atom is -0.344 e. The van der Waals surface area contributed by atoms with Gasteiger partial charge in [0.1, 0.15) is 0 Å². The Morgan fingerprint density at radius 2 is 1.94 bits per heavy atom. The van der Waals surface area contributed by atoms with Gasteiger partial charge < -0.3 is 10.6 Å². The largest absolute Gasteiger partial charge is 0.344 e. The molecule has 1 saturated carbocycles. The molecule has 0 aromatic carbocycles. The summed E-state index contributed by atoms with van der Waals surface area (Å²) in [6, 6.07) is 0.342. The molecule has 1 aliphatic heterocycles. The molecular formula is C13H25N3O. The average Bonchev–Trinajstić information content (AvgIpc) is 2.26. The molecule has 2 N–H and O–H groups in total. The molecule has 0 atom stereocenters. The molecule has 2 aliphatic rings. The number of carbonyl (C=O) groups is 1. The van der Waals surface area contributed by atoms with Crippen LogP contribution >= 0.6 is 0 Å². The number of likely N-dealkylation sites (N-methyl/N-ethyl adjacent to an activating group) is 1. The van der Waals surface area contributed by atoms with E-state index in [0.717, 1.165) is 38.4 Å². The zero-order valence-corrected chi connectivity index (χ0v) is 10.9. The smallest absolute Gasteiger partial charge is 0.236 e. The van der Waals surface area contributed by atoms with Crippen molar-refractivity contribution < 1.29 is 4.79 Å². The lowest BCUT2D eigenvalue weighted by atomic mass is 9.85. The van der Waals surface area contributed by atoms with E-state index in [1.807, 2.05) is 11.9 Å². The van der Waals surface area contributed by atoms with Gasteiger partial charge >= 0.3 is 0 Å². The Morgan fingerprint density at radius 1 is 1.29 bits per heavy atom. The van der Waals surface area contributed by atoms with E-state index < -0.39 is 0 Å². The van der Waals surface area contributed by atoms with Crippen LogP contribution in [0.3, 0.4) is 0 Å². The third-order valence-corrected chi connectivity index (χ3v) is 4.17. The van der Waals surface area contributed by atoms with E-state index in [1.165, 1.54) is 19.3 Å². The van der Waals surface area contributed by atoms with Gasteiger partial charge in [0.15, 0.2) is 0 Å². The van der Waals surface area contributed by atoms with E-state index >= 15 is 0 Å². The first-order valence-electron chi connectivity index (χ1n) is 6.87. The molecule has 2 fully saturated rings. The van der Waals surface area contributed by atoms with Crippen molar-refractivity contribution in [1.29, 1.82) is 0 Å². The van der Waals surface area contributed by atoms with Gasteiger partial charge in [-0.2, -0.15) is 0 Å². The molecule has 4 nitrogen and oxygen atoms in total. The van der Waals surface area contributed by atoms with Gasteiger partial charge in [0.05, 0.1) is 6.54 Å². The van der Waals surface area contributed by atoms with E-state index in [2.05, 4.69) is 4.90 Å². The first kappa shape index (κ1) is 12.8. The molecule has 0 radical (unpaired) electrons. The van der Waals surface area contributed by atoms with Gasteiger partial charge in [0, 0.05) is 32.7 Å². The predicted molar refractivity (Wildman–Crippen MR) is 68.6 cm³/mol. The molecular weight excluding hydrogens is 214 g/mol. The van der Waals surface area contributed by atoms with Crippen molar-refractivity contribution in [2.24, 2.45) is 11.7 Å². The highest BCUT2D eigenvalue weighted by molar-refractivity contribution is 5.78. The molecule has 0 unspecified atom stereocenters. The summed E-state index contributed by atoms with van der Waals surface area (Å²) in [5.41, 5.74) is 5.86. The van der Waals surface area contributed by atoms with Crippen LogP contribution in [0.1, 0.15) is 32.1 Å². The van der Waals surface area contributed by atoms with Crippen LogP contribution in [0.15, 0.2) is 0 Å². The van der Waals surface area contributed by atoms with Crippen molar-refractivity contribution in [2.75, 3.05) is 33.2 Å². The van der Waals surface area contributed by atoms with E-state index in [4.69, 9.17) is 5.73 Å². The van der Waals surface area contributed by atoms with E-state index in [9.17, 15) is 4.79 Å². The Hall–Kier alpha value is -0.610. The fourth-order valence-corrected chi connectivity index (χ4v) is 2.59. The summed E-state index contributed by atoms with van der Waals surface area (Å²) >= 11 is 0. The fourth-order valence-electron chi connectivity index (χ4n) is 2.59. The van der Waals surface area contributed by atoms with Crippen LogP contribution in [0.4, 0.5) is 0 Å². The zero-order valence-electron chi connectivity index (χ0n) is 10.9. The third kappa shape index (κ3) is 3.68. The molecule has 1 amide bonds. The lowest BCUT2D eigenvalue weighted by Gasteiger charge is -2.33.